The van der Waals surface area contributed by atoms with Gasteiger partial charge in [0.05, 0.1) is 33.9 Å². The molecule has 0 amide bonds. The molecule has 8 heteroatoms. The third-order valence-electron chi connectivity index (χ3n) is 4.28. The Balaban J connectivity index is 1.75. The number of aromatic nitrogens is 3. The van der Waals surface area contributed by atoms with Crippen molar-refractivity contribution in [2.24, 2.45) is 5.10 Å². The molecule has 28 heavy (non-hydrogen) atoms. The van der Waals surface area contributed by atoms with Gasteiger partial charge in [-0.15, -0.1) is 5.10 Å². The maximum Gasteiger partial charge on any atom is 0.269 e. The topological polar surface area (TPSA) is 98.2 Å². The smallest absolute Gasteiger partial charge is 0.269 e. The molecule has 0 saturated heterocycles. The zero-order valence-corrected chi connectivity index (χ0v) is 16.2. The van der Waals surface area contributed by atoms with E-state index in [1.54, 1.807) is 18.3 Å². The first-order chi connectivity index (χ1) is 13.3. The van der Waals surface area contributed by atoms with Crippen molar-refractivity contribution in [2.75, 3.05) is 5.43 Å². The highest BCUT2D eigenvalue weighted by atomic mass is 16.6. The minimum Gasteiger partial charge on any atom is -0.278 e. The minimum atomic E-state index is -0.431. The van der Waals surface area contributed by atoms with Gasteiger partial charge in [0.15, 0.2) is 0 Å². The lowest BCUT2D eigenvalue weighted by Crippen LogP contribution is -2.17. The Bertz CT molecular complexity index is 998. The lowest BCUT2D eigenvalue weighted by atomic mass is 9.92. The number of benzene rings is 2. The summed E-state index contributed by atoms with van der Waals surface area (Å²) in [5.74, 6) is 0. The van der Waals surface area contributed by atoms with Crippen LogP contribution < -0.4 is 5.43 Å². The first-order valence-electron chi connectivity index (χ1n) is 8.82. The van der Waals surface area contributed by atoms with Crippen molar-refractivity contribution < 1.29 is 4.92 Å². The van der Waals surface area contributed by atoms with E-state index in [9.17, 15) is 10.1 Å². The van der Waals surface area contributed by atoms with E-state index in [0.717, 1.165) is 22.7 Å². The maximum absolute atomic E-state index is 10.7. The maximum atomic E-state index is 10.7. The van der Waals surface area contributed by atoms with Crippen LogP contribution in [0.2, 0.25) is 0 Å². The van der Waals surface area contributed by atoms with Gasteiger partial charge >= 0.3 is 0 Å². The average molecular weight is 378 g/mol. The number of rotatable bonds is 5. The highest BCUT2D eigenvalue weighted by molar-refractivity contribution is 5.99. The Labute approximate surface area is 163 Å². The van der Waals surface area contributed by atoms with Crippen LogP contribution in [0.15, 0.2) is 59.8 Å². The summed E-state index contributed by atoms with van der Waals surface area (Å²) >= 11 is 0. The number of nitrogens with one attached hydrogen (secondary N) is 1. The van der Waals surface area contributed by atoms with Crippen LogP contribution in [0, 0.1) is 10.1 Å². The summed E-state index contributed by atoms with van der Waals surface area (Å²) in [4.78, 5) is 10.3. The molecule has 0 fully saturated rings. The summed E-state index contributed by atoms with van der Waals surface area (Å²) in [6.07, 6.45) is 1.79. The molecular weight excluding hydrogens is 356 g/mol. The van der Waals surface area contributed by atoms with E-state index in [4.69, 9.17) is 0 Å². The summed E-state index contributed by atoms with van der Waals surface area (Å²) in [6.45, 7) is 8.26. The van der Waals surface area contributed by atoms with Crippen molar-refractivity contribution >= 4 is 17.1 Å². The van der Waals surface area contributed by atoms with Crippen LogP contribution in [-0.4, -0.2) is 25.6 Å². The van der Waals surface area contributed by atoms with Gasteiger partial charge in [0, 0.05) is 17.5 Å². The third kappa shape index (κ3) is 4.22. The monoisotopic (exact) mass is 378 g/mol. The quantitative estimate of drug-likeness (QED) is 0.405. The lowest BCUT2D eigenvalue weighted by molar-refractivity contribution is -0.384. The molecule has 0 aliphatic carbocycles. The van der Waals surface area contributed by atoms with E-state index >= 15 is 0 Å². The van der Waals surface area contributed by atoms with Crippen LogP contribution in [-0.2, 0) is 5.41 Å². The Kier molecular flexibility index (Phi) is 5.21. The second kappa shape index (κ2) is 7.59. The molecule has 0 saturated carbocycles. The van der Waals surface area contributed by atoms with Crippen molar-refractivity contribution in [1.82, 2.24) is 15.0 Å². The van der Waals surface area contributed by atoms with Crippen molar-refractivity contribution in [3.8, 4) is 5.69 Å². The summed E-state index contributed by atoms with van der Waals surface area (Å²) < 4.78 is 1.84. The molecule has 3 aromatic rings. The number of hydrogen-bond donors (Lipinski definition) is 1. The van der Waals surface area contributed by atoms with Crippen LogP contribution in [0.3, 0.4) is 0 Å². The van der Waals surface area contributed by atoms with E-state index in [0.29, 0.717) is 5.69 Å². The predicted octanol–water partition coefficient (Wildman–Crippen LogP) is 4.31. The number of anilines is 1. The van der Waals surface area contributed by atoms with Gasteiger partial charge in [0.1, 0.15) is 0 Å². The normalized spacial score (nSPS) is 12.1. The molecule has 0 bridgehead atoms. The number of non-ortho nitro benzene ring substituents is 1. The van der Waals surface area contributed by atoms with Gasteiger partial charge in [-0.2, -0.15) is 5.10 Å². The number of nitro groups is 1. The number of hydrazone groups is 1. The highest BCUT2D eigenvalue weighted by Crippen LogP contribution is 2.23. The fourth-order valence-corrected chi connectivity index (χ4v) is 2.65. The highest BCUT2D eigenvalue weighted by Gasteiger charge is 2.20. The standard InChI is InChI=1S/C20H22N6O2/c1-14(22-23-16-7-11-18(12-8-16)26(27)28)15-5-9-17(10-6-15)25-19(13-21-24-25)20(2,3)4/h5-13,23H,1-4H3/b22-14-. The summed E-state index contributed by atoms with van der Waals surface area (Å²) in [5, 5.41) is 23.3. The summed E-state index contributed by atoms with van der Waals surface area (Å²) in [6, 6.07) is 14.0. The van der Waals surface area contributed by atoms with Crippen molar-refractivity contribution in [2.45, 2.75) is 33.1 Å². The molecule has 0 spiro atoms. The first-order valence-corrected chi connectivity index (χ1v) is 8.82. The summed E-state index contributed by atoms with van der Waals surface area (Å²) in [5.41, 5.74) is 7.29. The summed E-state index contributed by atoms with van der Waals surface area (Å²) in [7, 11) is 0. The Morgan fingerprint density at radius 2 is 1.75 bits per heavy atom. The van der Waals surface area contributed by atoms with E-state index in [-0.39, 0.29) is 11.1 Å². The van der Waals surface area contributed by atoms with Gasteiger partial charge in [-0.3, -0.25) is 15.5 Å². The molecule has 1 N–H and O–H groups in total. The van der Waals surface area contributed by atoms with Gasteiger partial charge in [-0.1, -0.05) is 38.1 Å². The first kappa shape index (κ1) is 19.2. The van der Waals surface area contributed by atoms with E-state index in [1.807, 2.05) is 35.9 Å². The number of nitro benzene ring substituents is 1. The van der Waals surface area contributed by atoms with Crippen LogP contribution in [0.5, 0.6) is 0 Å². The Hall–Kier alpha value is -3.55. The van der Waals surface area contributed by atoms with E-state index in [2.05, 4.69) is 41.6 Å². The molecule has 2 aromatic carbocycles. The van der Waals surface area contributed by atoms with Crippen LogP contribution in [0.1, 0.15) is 39.0 Å². The average Bonchev–Trinajstić information content (AvgIpc) is 3.17. The van der Waals surface area contributed by atoms with Gasteiger partial charge in [0.2, 0.25) is 0 Å². The molecule has 144 valence electrons. The Morgan fingerprint density at radius 1 is 1.11 bits per heavy atom. The van der Waals surface area contributed by atoms with E-state index in [1.165, 1.54) is 12.1 Å². The molecule has 0 atom stereocenters. The number of nitrogens with zero attached hydrogens (tertiary/aromatic N) is 5. The fraction of sp³-hybridized carbons (Fsp3) is 0.250. The fourth-order valence-electron chi connectivity index (χ4n) is 2.65. The SMILES string of the molecule is C/C(=N/Nc1ccc([N+](=O)[O-])cc1)c1ccc(-n2nncc2C(C)(C)C)cc1. The second-order valence-electron chi connectivity index (χ2n) is 7.44. The molecular formula is C20H22N6O2. The van der Waals surface area contributed by atoms with Crippen molar-refractivity contribution in [1.29, 1.82) is 0 Å². The lowest BCUT2D eigenvalue weighted by Gasteiger charge is -2.19. The van der Waals surface area contributed by atoms with Gasteiger partial charge < -0.3 is 0 Å². The molecule has 1 aromatic heterocycles. The molecule has 3 rings (SSSR count). The third-order valence-corrected chi connectivity index (χ3v) is 4.28. The molecule has 1 heterocycles. The van der Waals surface area contributed by atoms with Gasteiger partial charge in [-0.25, -0.2) is 4.68 Å². The molecule has 0 radical (unpaired) electrons. The minimum absolute atomic E-state index is 0.0459. The van der Waals surface area contributed by atoms with Crippen molar-refractivity contribution in [3.05, 3.63) is 76.1 Å². The van der Waals surface area contributed by atoms with Crippen LogP contribution in [0.4, 0.5) is 11.4 Å². The predicted molar refractivity (Wildman–Crippen MR) is 109 cm³/mol. The Morgan fingerprint density at radius 3 is 2.32 bits per heavy atom. The zero-order valence-electron chi connectivity index (χ0n) is 16.2. The molecule has 8 nitrogen and oxygen atoms in total. The van der Waals surface area contributed by atoms with E-state index < -0.39 is 4.92 Å². The zero-order chi connectivity index (χ0) is 20.3. The molecule has 0 unspecified atom stereocenters. The molecule has 0 aliphatic heterocycles. The van der Waals surface area contributed by atoms with Gasteiger partial charge in [0.25, 0.3) is 5.69 Å². The van der Waals surface area contributed by atoms with Crippen LogP contribution in [0.25, 0.3) is 5.69 Å². The second-order valence-corrected chi connectivity index (χ2v) is 7.44. The van der Waals surface area contributed by atoms with Crippen molar-refractivity contribution in [3.63, 3.8) is 0 Å². The largest absolute Gasteiger partial charge is 0.278 e. The van der Waals surface area contributed by atoms with Crippen LogP contribution >= 0.6 is 0 Å². The molecule has 0 aliphatic rings. The number of hydrogen-bond acceptors (Lipinski definition) is 6. The van der Waals surface area contributed by atoms with Gasteiger partial charge in [-0.05, 0) is 36.8 Å².